The Bertz CT molecular complexity index is 399. The molecule has 3 atom stereocenters. The van der Waals surface area contributed by atoms with Crippen molar-refractivity contribution in [2.75, 3.05) is 13.2 Å². The van der Waals surface area contributed by atoms with Crippen molar-refractivity contribution >= 4 is 0 Å². The fourth-order valence-electron chi connectivity index (χ4n) is 2.81. The largest absolute Gasteiger partial charge is 0.396 e. The molecule has 1 aromatic rings. The van der Waals surface area contributed by atoms with E-state index < -0.39 is 6.10 Å². The van der Waals surface area contributed by atoms with Crippen molar-refractivity contribution in [3.05, 3.63) is 35.6 Å². The average molecular weight is 267 g/mol. The molecule has 3 unspecified atom stereocenters. The Morgan fingerprint density at radius 3 is 2.74 bits per heavy atom. The van der Waals surface area contributed by atoms with E-state index in [1.54, 1.807) is 18.2 Å². The normalized spacial score (nSPS) is 25.2. The minimum atomic E-state index is -0.845. The summed E-state index contributed by atoms with van der Waals surface area (Å²) in [5.74, 6) is -0.124. The molecule has 0 spiro atoms. The van der Waals surface area contributed by atoms with Gasteiger partial charge in [-0.3, -0.25) is 0 Å². The van der Waals surface area contributed by atoms with Crippen LogP contribution in [0.1, 0.15) is 37.4 Å². The van der Waals surface area contributed by atoms with Gasteiger partial charge in [-0.1, -0.05) is 31.0 Å². The van der Waals surface area contributed by atoms with Crippen LogP contribution in [0.25, 0.3) is 0 Å². The summed E-state index contributed by atoms with van der Waals surface area (Å²) >= 11 is 0. The zero-order valence-corrected chi connectivity index (χ0v) is 11.1. The van der Waals surface area contributed by atoms with Gasteiger partial charge in [-0.15, -0.1) is 0 Å². The Kier molecular flexibility index (Phi) is 5.31. The molecule has 0 saturated heterocycles. The second-order valence-electron chi connectivity index (χ2n) is 5.28. The van der Waals surface area contributed by atoms with E-state index >= 15 is 0 Å². The minimum Gasteiger partial charge on any atom is -0.396 e. The average Bonchev–Trinajstić information content (AvgIpc) is 2.45. The highest BCUT2D eigenvalue weighted by Gasteiger charge is 2.25. The second kappa shape index (κ2) is 6.98. The molecular formula is C15H22FNO2. The number of halogens is 1. The van der Waals surface area contributed by atoms with Crippen LogP contribution in [0.2, 0.25) is 0 Å². The SMILES string of the molecule is OCC1CCCCC1NCC(O)c1ccccc1F. The lowest BCUT2D eigenvalue weighted by Gasteiger charge is -2.31. The van der Waals surface area contributed by atoms with Crippen LogP contribution in [0, 0.1) is 11.7 Å². The summed E-state index contributed by atoms with van der Waals surface area (Å²) < 4.78 is 13.5. The first-order valence-corrected chi connectivity index (χ1v) is 6.99. The number of aliphatic hydroxyl groups excluding tert-OH is 2. The third-order valence-corrected chi connectivity index (χ3v) is 3.98. The van der Waals surface area contributed by atoms with Gasteiger partial charge in [0.1, 0.15) is 5.82 Å². The van der Waals surface area contributed by atoms with Crippen LogP contribution in [0.4, 0.5) is 4.39 Å². The second-order valence-corrected chi connectivity index (χ2v) is 5.28. The zero-order valence-electron chi connectivity index (χ0n) is 11.1. The van der Waals surface area contributed by atoms with Crippen LogP contribution < -0.4 is 5.32 Å². The monoisotopic (exact) mass is 267 g/mol. The van der Waals surface area contributed by atoms with E-state index in [-0.39, 0.29) is 24.4 Å². The molecule has 106 valence electrons. The maximum atomic E-state index is 13.5. The Labute approximate surface area is 113 Å². The van der Waals surface area contributed by atoms with E-state index in [0.29, 0.717) is 12.1 Å². The van der Waals surface area contributed by atoms with Crippen LogP contribution in [0.15, 0.2) is 24.3 Å². The number of hydrogen-bond donors (Lipinski definition) is 3. The van der Waals surface area contributed by atoms with E-state index in [1.807, 2.05) is 0 Å². The van der Waals surface area contributed by atoms with Crippen molar-refractivity contribution in [3.8, 4) is 0 Å². The molecule has 4 heteroatoms. The fourth-order valence-corrected chi connectivity index (χ4v) is 2.81. The first-order chi connectivity index (χ1) is 9.22. The maximum Gasteiger partial charge on any atom is 0.129 e. The summed E-state index contributed by atoms with van der Waals surface area (Å²) in [4.78, 5) is 0. The van der Waals surface area contributed by atoms with Gasteiger partial charge < -0.3 is 15.5 Å². The molecule has 0 aromatic heterocycles. The molecule has 1 fully saturated rings. The summed E-state index contributed by atoms with van der Waals surface area (Å²) in [6.07, 6.45) is 3.48. The van der Waals surface area contributed by atoms with Gasteiger partial charge in [0, 0.05) is 24.8 Å². The van der Waals surface area contributed by atoms with Gasteiger partial charge in [0.05, 0.1) is 6.10 Å². The minimum absolute atomic E-state index is 0.174. The van der Waals surface area contributed by atoms with Crippen molar-refractivity contribution in [2.45, 2.75) is 37.8 Å². The van der Waals surface area contributed by atoms with Crippen LogP contribution in [0.5, 0.6) is 0 Å². The summed E-state index contributed by atoms with van der Waals surface area (Å²) in [6.45, 7) is 0.496. The number of benzene rings is 1. The van der Waals surface area contributed by atoms with Crippen LogP contribution in [-0.2, 0) is 0 Å². The molecule has 0 heterocycles. The Balaban J connectivity index is 1.89. The Hall–Kier alpha value is -0.970. The van der Waals surface area contributed by atoms with E-state index in [2.05, 4.69) is 5.32 Å². The molecule has 1 saturated carbocycles. The number of rotatable bonds is 5. The molecule has 0 aliphatic heterocycles. The number of aliphatic hydroxyl groups is 2. The smallest absolute Gasteiger partial charge is 0.129 e. The zero-order chi connectivity index (χ0) is 13.7. The van der Waals surface area contributed by atoms with E-state index in [4.69, 9.17) is 0 Å². The van der Waals surface area contributed by atoms with Gasteiger partial charge in [-0.25, -0.2) is 4.39 Å². The quantitative estimate of drug-likeness (QED) is 0.765. The van der Waals surface area contributed by atoms with E-state index in [0.717, 1.165) is 25.7 Å². The summed E-state index contributed by atoms with van der Waals surface area (Å²) in [6, 6.07) is 6.52. The molecule has 1 aromatic carbocycles. The summed E-state index contributed by atoms with van der Waals surface area (Å²) in [7, 11) is 0. The third kappa shape index (κ3) is 3.75. The van der Waals surface area contributed by atoms with Crippen molar-refractivity contribution in [1.82, 2.24) is 5.32 Å². The molecule has 0 radical (unpaired) electrons. The molecule has 19 heavy (non-hydrogen) atoms. The van der Waals surface area contributed by atoms with Gasteiger partial charge in [-0.2, -0.15) is 0 Å². The molecular weight excluding hydrogens is 245 g/mol. The van der Waals surface area contributed by atoms with Gasteiger partial charge in [0.2, 0.25) is 0 Å². The highest BCUT2D eigenvalue weighted by atomic mass is 19.1. The van der Waals surface area contributed by atoms with Crippen molar-refractivity contribution in [2.24, 2.45) is 5.92 Å². The lowest BCUT2D eigenvalue weighted by Crippen LogP contribution is -2.42. The molecule has 3 nitrogen and oxygen atoms in total. The van der Waals surface area contributed by atoms with Gasteiger partial charge >= 0.3 is 0 Å². The fraction of sp³-hybridized carbons (Fsp3) is 0.600. The van der Waals surface area contributed by atoms with E-state index in [1.165, 1.54) is 6.07 Å². The van der Waals surface area contributed by atoms with Gasteiger partial charge in [0.15, 0.2) is 0 Å². The highest BCUT2D eigenvalue weighted by Crippen LogP contribution is 2.24. The highest BCUT2D eigenvalue weighted by molar-refractivity contribution is 5.20. The lowest BCUT2D eigenvalue weighted by molar-refractivity contribution is 0.125. The van der Waals surface area contributed by atoms with Crippen LogP contribution in [-0.4, -0.2) is 29.4 Å². The predicted molar refractivity (Wildman–Crippen MR) is 72.2 cm³/mol. The Morgan fingerprint density at radius 1 is 1.26 bits per heavy atom. The standard InChI is InChI=1S/C15H22FNO2/c16-13-7-3-2-6-12(13)15(19)9-17-14-8-4-1-5-11(14)10-18/h2-3,6-7,11,14-15,17-19H,1,4-5,8-10H2. The van der Waals surface area contributed by atoms with Gasteiger partial charge in [-0.05, 0) is 24.8 Å². The molecule has 0 bridgehead atoms. The topological polar surface area (TPSA) is 52.5 Å². The third-order valence-electron chi connectivity index (χ3n) is 3.98. The molecule has 3 N–H and O–H groups in total. The molecule has 1 aliphatic carbocycles. The molecule has 2 rings (SSSR count). The number of nitrogens with one attached hydrogen (secondary N) is 1. The molecule has 0 amide bonds. The summed E-state index contributed by atoms with van der Waals surface area (Å²) in [5.41, 5.74) is 0.325. The van der Waals surface area contributed by atoms with Crippen molar-refractivity contribution in [1.29, 1.82) is 0 Å². The van der Waals surface area contributed by atoms with E-state index in [9.17, 15) is 14.6 Å². The van der Waals surface area contributed by atoms with Gasteiger partial charge in [0.25, 0.3) is 0 Å². The Morgan fingerprint density at radius 2 is 2.00 bits per heavy atom. The molecule has 1 aliphatic rings. The summed E-state index contributed by atoms with van der Waals surface area (Å²) in [5, 5.41) is 22.6. The first-order valence-electron chi connectivity index (χ1n) is 6.99. The predicted octanol–water partition coefficient (Wildman–Crippen LogP) is 2.00. The van der Waals surface area contributed by atoms with Crippen LogP contribution >= 0.6 is 0 Å². The lowest BCUT2D eigenvalue weighted by atomic mass is 9.85. The maximum absolute atomic E-state index is 13.5. The van der Waals surface area contributed by atoms with Crippen molar-refractivity contribution in [3.63, 3.8) is 0 Å². The number of hydrogen-bond acceptors (Lipinski definition) is 3. The van der Waals surface area contributed by atoms with Crippen molar-refractivity contribution < 1.29 is 14.6 Å². The van der Waals surface area contributed by atoms with Crippen LogP contribution in [0.3, 0.4) is 0 Å². The first kappa shape index (κ1) is 14.4.